The van der Waals surface area contributed by atoms with Gasteiger partial charge in [-0.2, -0.15) is 0 Å². The van der Waals surface area contributed by atoms with Gasteiger partial charge in [0.15, 0.2) is 0 Å². The van der Waals surface area contributed by atoms with Gasteiger partial charge in [-0.1, -0.05) is 67.6 Å². The molecule has 0 bridgehead atoms. The second-order valence-electron chi connectivity index (χ2n) is 5.39. The maximum atomic E-state index is 10.8. The van der Waals surface area contributed by atoms with Gasteiger partial charge in [-0.05, 0) is 30.4 Å². The van der Waals surface area contributed by atoms with Gasteiger partial charge < -0.3 is 9.84 Å². The summed E-state index contributed by atoms with van der Waals surface area (Å²) in [5.41, 5.74) is 2.44. The summed E-state index contributed by atoms with van der Waals surface area (Å²) in [7, 11) is 1.70. The quantitative estimate of drug-likeness (QED) is 0.814. The number of benzene rings is 2. The standard InChI is InChI=1S/C12H16O2.C8H10O/c1-2-11(12(13)14)9-8-10-6-4-3-5-7-10;1-9-7-8-5-3-2-4-6-8/h3-7,11H,2,8-9H2,1H3,(H,13,14);2-6H,7H2,1H3. The summed E-state index contributed by atoms with van der Waals surface area (Å²) in [6, 6.07) is 20.1. The number of hydrogen-bond donors (Lipinski definition) is 1. The van der Waals surface area contributed by atoms with Crippen LogP contribution in [-0.4, -0.2) is 18.2 Å². The number of aryl methyl sites for hydroxylation is 1. The summed E-state index contributed by atoms with van der Waals surface area (Å²) in [5.74, 6) is -0.876. The maximum Gasteiger partial charge on any atom is 0.306 e. The van der Waals surface area contributed by atoms with Gasteiger partial charge in [-0.3, -0.25) is 4.79 Å². The van der Waals surface area contributed by atoms with E-state index in [0.717, 1.165) is 12.8 Å². The third-order valence-electron chi connectivity index (χ3n) is 3.62. The van der Waals surface area contributed by atoms with Crippen molar-refractivity contribution >= 4 is 5.97 Å². The van der Waals surface area contributed by atoms with Crippen molar-refractivity contribution in [1.29, 1.82) is 0 Å². The van der Waals surface area contributed by atoms with Crippen LogP contribution in [0.5, 0.6) is 0 Å². The Bertz CT molecular complexity index is 537. The molecule has 2 aromatic carbocycles. The van der Waals surface area contributed by atoms with E-state index in [2.05, 4.69) is 0 Å². The number of methoxy groups -OCH3 is 1. The highest BCUT2D eigenvalue weighted by molar-refractivity contribution is 5.69. The van der Waals surface area contributed by atoms with Crippen LogP contribution in [0.1, 0.15) is 30.9 Å². The van der Waals surface area contributed by atoms with Gasteiger partial charge in [-0.25, -0.2) is 0 Å². The molecule has 0 saturated carbocycles. The van der Waals surface area contributed by atoms with E-state index in [-0.39, 0.29) is 5.92 Å². The zero-order chi connectivity index (χ0) is 16.9. The Labute approximate surface area is 138 Å². The first kappa shape index (κ1) is 18.9. The number of hydrogen-bond acceptors (Lipinski definition) is 2. The SMILES string of the molecule is CCC(CCc1ccccc1)C(=O)O.COCc1ccccc1. The summed E-state index contributed by atoms with van der Waals surface area (Å²) >= 11 is 0. The molecule has 0 aliphatic rings. The molecule has 2 rings (SSSR count). The van der Waals surface area contributed by atoms with E-state index in [4.69, 9.17) is 9.84 Å². The van der Waals surface area contributed by atoms with Crippen LogP contribution < -0.4 is 0 Å². The molecule has 1 unspecified atom stereocenters. The van der Waals surface area contributed by atoms with E-state index in [0.29, 0.717) is 13.0 Å². The molecule has 0 fully saturated rings. The van der Waals surface area contributed by atoms with Gasteiger partial charge in [0.2, 0.25) is 0 Å². The molecule has 23 heavy (non-hydrogen) atoms. The lowest BCUT2D eigenvalue weighted by atomic mass is 9.97. The first-order chi connectivity index (χ1) is 11.2. The Balaban J connectivity index is 0.000000253. The molecule has 2 aromatic rings. The molecule has 0 aromatic heterocycles. The second-order valence-corrected chi connectivity index (χ2v) is 5.39. The van der Waals surface area contributed by atoms with Gasteiger partial charge in [0.05, 0.1) is 12.5 Å². The topological polar surface area (TPSA) is 46.5 Å². The number of rotatable bonds is 7. The molecule has 0 saturated heterocycles. The molecule has 3 heteroatoms. The van der Waals surface area contributed by atoms with Crippen molar-refractivity contribution in [2.24, 2.45) is 5.92 Å². The molecule has 124 valence electrons. The van der Waals surface area contributed by atoms with E-state index in [1.165, 1.54) is 11.1 Å². The number of carbonyl (C=O) groups is 1. The molecule has 3 nitrogen and oxygen atoms in total. The van der Waals surface area contributed by atoms with Crippen LogP contribution in [0, 0.1) is 5.92 Å². The summed E-state index contributed by atoms with van der Waals surface area (Å²) in [5, 5.41) is 8.85. The van der Waals surface area contributed by atoms with Gasteiger partial charge in [0, 0.05) is 7.11 Å². The lowest BCUT2D eigenvalue weighted by molar-refractivity contribution is -0.142. The summed E-state index contributed by atoms with van der Waals surface area (Å²) in [4.78, 5) is 10.8. The molecule has 0 amide bonds. The zero-order valence-electron chi connectivity index (χ0n) is 13.9. The lowest BCUT2D eigenvalue weighted by Crippen LogP contribution is -2.13. The molecule has 0 heterocycles. The molecule has 1 N–H and O–H groups in total. The van der Waals surface area contributed by atoms with E-state index < -0.39 is 5.97 Å². The Morgan fingerprint density at radius 3 is 1.96 bits per heavy atom. The van der Waals surface area contributed by atoms with Crippen LogP contribution in [0.2, 0.25) is 0 Å². The minimum atomic E-state index is -0.677. The second kappa shape index (κ2) is 11.4. The Morgan fingerprint density at radius 2 is 1.52 bits per heavy atom. The lowest BCUT2D eigenvalue weighted by Gasteiger charge is -2.08. The molecule has 1 atom stereocenters. The first-order valence-corrected chi connectivity index (χ1v) is 7.97. The normalized spacial score (nSPS) is 11.2. The van der Waals surface area contributed by atoms with Crippen molar-refractivity contribution in [3.8, 4) is 0 Å². The van der Waals surface area contributed by atoms with E-state index in [1.807, 2.05) is 67.6 Å². The monoisotopic (exact) mass is 314 g/mol. The highest BCUT2D eigenvalue weighted by Crippen LogP contribution is 2.13. The fourth-order valence-electron chi connectivity index (χ4n) is 2.23. The zero-order valence-corrected chi connectivity index (χ0v) is 13.9. The highest BCUT2D eigenvalue weighted by Gasteiger charge is 2.14. The Hall–Kier alpha value is -2.13. The van der Waals surface area contributed by atoms with Crippen molar-refractivity contribution < 1.29 is 14.6 Å². The Kier molecular flexibility index (Phi) is 9.41. The summed E-state index contributed by atoms with van der Waals surface area (Å²) < 4.78 is 4.93. The minimum absolute atomic E-state index is 0.199. The number of carboxylic acids is 1. The molecule has 0 aliphatic heterocycles. The van der Waals surface area contributed by atoms with Crippen molar-refractivity contribution in [2.75, 3.05) is 7.11 Å². The van der Waals surface area contributed by atoms with Crippen LogP contribution in [0.25, 0.3) is 0 Å². The van der Waals surface area contributed by atoms with Crippen LogP contribution in [0.15, 0.2) is 60.7 Å². The van der Waals surface area contributed by atoms with E-state index >= 15 is 0 Å². The predicted molar refractivity (Wildman–Crippen MR) is 93.3 cm³/mol. The summed E-state index contributed by atoms with van der Waals surface area (Å²) in [6.07, 6.45) is 2.30. The summed E-state index contributed by atoms with van der Waals surface area (Å²) in [6.45, 7) is 2.63. The fourth-order valence-corrected chi connectivity index (χ4v) is 2.23. The maximum absolute atomic E-state index is 10.8. The fraction of sp³-hybridized carbons (Fsp3) is 0.350. The molecule has 0 radical (unpaired) electrons. The van der Waals surface area contributed by atoms with E-state index in [1.54, 1.807) is 7.11 Å². The van der Waals surface area contributed by atoms with Crippen LogP contribution in [0.4, 0.5) is 0 Å². The number of carboxylic acid groups (broad SMARTS) is 1. The Morgan fingerprint density at radius 1 is 1.00 bits per heavy atom. The van der Waals surface area contributed by atoms with Crippen LogP contribution >= 0.6 is 0 Å². The smallest absolute Gasteiger partial charge is 0.306 e. The van der Waals surface area contributed by atoms with Crippen molar-refractivity contribution in [3.63, 3.8) is 0 Å². The minimum Gasteiger partial charge on any atom is -0.481 e. The van der Waals surface area contributed by atoms with Gasteiger partial charge in [-0.15, -0.1) is 0 Å². The number of ether oxygens (including phenoxy) is 1. The van der Waals surface area contributed by atoms with Crippen molar-refractivity contribution in [1.82, 2.24) is 0 Å². The van der Waals surface area contributed by atoms with Crippen molar-refractivity contribution in [2.45, 2.75) is 32.8 Å². The van der Waals surface area contributed by atoms with Crippen LogP contribution in [0.3, 0.4) is 0 Å². The molecular weight excluding hydrogens is 288 g/mol. The van der Waals surface area contributed by atoms with Gasteiger partial charge in [0.25, 0.3) is 0 Å². The average Bonchev–Trinajstić information content (AvgIpc) is 2.58. The van der Waals surface area contributed by atoms with E-state index in [9.17, 15) is 4.79 Å². The van der Waals surface area contributed by atoms with Crippen LogP contribution in [-0.2, 0) is 22.6 Å². The van der Waals surface area contributed by atoms with Crippen molar-refractivity contribution in [3.05, 3.63) is 71.8 Å². The number of aliphatic carboxylic acids is 1. The van der Waals surface area contributed by atoms with Gasteiger partial charge in [0.1, 0.15) is 0 Å². The highest BCUT2D eigenvalue weighted by atomic mass is 16.5. The molecule has 0 spiro atoms. The molecule has 0 aliphatic carbocycles. The molecular formula is C20H26O3. The predicted octanol–water partition coefficient (Wildman–Crippen LogP) is 4.56. The third kappa shape index (κ3) is 8.17. The van der Waals surface area contributed by atoms with Gasteiger partial charge >= 0.3 is 5.97 Å². The third-order valence-corrected chi connectivity index (χ3v) is 3.62. The first-order valence-electron chi connectivity index (χ1n) is 7.97. The largest absolute Gasteiger partial charge is 0.481 e. The average molecular weight is 314 g/mol.